The highest BCUT2D eigenvalue weighted by Gasteiger charge is 2.34. The van der Waals surface area contributed by atoms with Crippen LogP contribution in [0.5, 0.6) is 0 Å². The molecule has 0 N–H and O–H groups in total. The first-order chi connectivity index (χ1) is 14.1. The summed E-state index contributed by atoms with van der Waals surface area (Å²) < 4.78 is 2.88. The normalized spacial score (nSPS) is 21.4. The van der Waals surface area contributed by atoms with Crippen LogP contribution in [0.25, 0.3) is 0 Å². The lowest BCUT2D eigenvalue weighted by molar-refractivity contribution is 0.589. The maximum absolute atomic E-state index is 2.47. The van der Waals surface area contributed by atoms with Gasteiger partial charge in [0.25, 0.3) is 0 Å². The molecule has 0 saturated carbocycles. The van der Waals surface area contributed by atoms with Crippen molar-refractivity contribution in [2.45, 2.75) is 72.7 Å². The van der Waals surface area contributed by atoms with E-state index in [-0.39, 0.29) is 10.8 Å². The van der Waals surface area contributed by atoms with Gasteiger partial charge in [0.2, 0.25) is 0 Å². The van der Waals surface area contributed by atoms with Crippen molar-refractivity contribution in [1.29, 1.82) is 0 Å². The average molecular weight is 471 g/mol. The van der Waals surface area contributed by atoms with E-state index in [1.807, 2.05) is 47.0 Å². The van der Waals surface area contributed by atoms with Crippen LogP contribution in [-0.2, 0) is 10.8 Å². The molecular weight excluding hydrogens is 441 g/mol. The molecule has 4 rings (SSSR count). The van der Waals surface area contributed by atoms with Crippen LogP contribution in [0.2, 0.25) is 0 Å². The molecule has 4 heteroatoms. The van der Waals surface area contributed by atoms with Gasteiger partial charge in [-0.05, 0) is 58.4 Å². The number of hydrogen-bond donors (Lipinski definition) is 0. The van der Waals surface area contributed by atoms with Crippen LogP contribution < -0.4 is 0 Å². The summed E-state index contributed by atoms with van der Waals surface area (Å²) in [6.45, 7) is 13.6. The summed E-state index contributed by atoms with van der Waals surface area (Å²) in [6, 6.07) is 18.2. The van der Waals surface area contributed by atoms with Gasteiger partial charge in [0.15, 0.2) is 0 Å². The van der Waals surface area contributed by atoms with E-state index in [0.717, 1.165) is 0 Å². The van der Waals surface area contributed by atoms with E-state index in [1.165, 1.54) is 29.4 Å². The number of rotatable bonds is 4. The Morgan fingerprint density at radius 2 is 0.900 bits per heavy atom. The minimum absolute atomic E-state index is 0.212. The lowest BCUT2D eigenvalue weighted by Gasteiger charge is -2.19. The standard InChI is InChI=1S/C26H30S4/c1-25(2,3)17-7-11-19(12-8-17)27-23-15-21-22(29-23)16-24(30-21)28-20-13-9-18(10-14-20)26(4,5)6/h7-16,21-22H,1-6H3. The summed E-state index contributed by atoms with van der Waals surface area (Å²) in [5.41, 5.74) is 3.22. The molecule has 2 unspecified atom stereocenters. The highest BCUT2D eigenvalue weighted by molar-refractivity contribution is 8.26. The van der Waals surface area contributed by atoms with Gasteiger partial charge < -0.3 is 0 Å². The number of fused-ring (bicyclic) bond motifs is 1. The molecule has 0 fully saturated rings. The summed E-state index contributed by atoms with van der Waals surface area (Å²) in [4.78, 5) is 2.67. The first kappa shape index (κ1) is 22.5. The Morgan fingerprint density at radius 1 is 0.567 bits per heavy atom. The molecule has 2 aromatic carbocycles. The maximum Gasteiger partial charge on any atom is 0.0456 e. The summed E-state index contributed by atoms with van der Waals surface area (Å²) in [5.74, 6) is 0. The third kappa shape index (κ3) is 5.38. The molecule has 0 spiro atoms. The van der Waals surface area contributed by atoms with Gasteiger partial charge in [-0.2, -0.15) is 0 Å². The van der Waals surface area contributed by atoms with Gasteiger partial charge in [-0.1, -0.05) is 89.3 Å². The topological polar surface area (TPSA) is 0 Å². The van der Waals surface area contributed by atoms with Crippen LogP contribution in [0.3, 0.4) is 0 Å². The Morgan fingerprint density at radius 3 is 1.20 bits per heavy atom. The smallest absolute Gasteiger partial charge is 0.0456 e. The molecule has 30 heavy (non-hydrogen) atoms. The molecule has 158 valence electrons. The fraction of sp³-hybridized carbons (Fsp3) is 0.385. The van der Waals surface area contributed by atoms with E-state index >= 15 is 0 Å². The molecule has 2 aromatic rings. The van der Waals surface area contributed by atoms with Gasteiger partial charge in [-0.15, -0.1) is 23.5 Å². The zero-order chi connectivity index (χ0) is 21.5. The molecule has 2 aliphatic rings. The Balaban J connectivity index is 1.33. The lowest BCUT2D eigenvalue weighted by Crippen LogP contribution is -2.10. The predicted molar refractivity (Wildman–Crippen MR) is 141 cm³/mol. The summed E-state index contributed by atoms with van der Waals surface area (Å²) >= 11 is 7.86. The van der Waals surface area contributed by atoms with Crippen LogP contribution in [0.1, 0.15) is 52.7 Å². The van der Waals surface area contributed by atoms with Gasteiger partial charge in [0.05, 0.1) is 0 Å². The lowest BCUT2D eigenvalue weighted by atomic mass is 9.87. The highest BCUT2D eigenvalue weighted by Crippen LogP contribution is 2.55. The largest absolute Gasteiger partial charge is 0.110 e. The summed E-state index contributed by atoms with van der Waals surface area (Å²) in [6.07, 6.45) is 4.93. The molecule has 2 heterocycles. The third-order valence-electron chi connectivity index (χ3n) is 5.31. The van der Waals surface area contributed by atoms with Crippen LogP contribution in [0.4, 0.5) is 0 Å². The van der Waals surface area contributed by atoms with E-state index in [0.29, 0.717) is 10.5 Å². The van der Waals surface area contributed by atoms with Crippen LogP contribution in [0, 0.1) is 0 Å². The van der Waals surface area contributed by atoms with Crippen molar-refractivity contribution in [2.75, 3.05) is 0 Å². The average Bonchev–Trinajstić information content (AvgIpc) is 3.19. The van der Waals surface area contributed by atoms with Crippen molar-refractivity contribution in [3.8, 4) is 0 Å². The summed E-state index contributed by atoms with van der Waals surface area (Å²) in [5, 5.41) is 1.14. The van der Waals surface area contributed by atoms with Gasteiger partial charge >= 0.3 is 0 Å². The van der Waals surface area contributed by atoms with E-state index in [2.05, 4.69) is 102 Å². The highest BCUT2D eigenvalue weighted by atomic mass is 32.2. The third-order valence-corrected chi connectivity index (χ3v) is 10.4. The second kappa shape index (κ2) is 8.69. The Bertz CT molecular complexity index is 873. The van der Waals surface area contributed by atoms with Crippen LogP contribution in [0.15, 0.2) is 78.9 Å². The van der Waals surface area contributed by atoms with Crippen molar-refractivity contribution in [2.24, 2.45) is 0 Å². The van der Waals surface area contributed by atoms with E-state index in [4.69, 9.17) is 0 Å². The molecule has 0 radical (unpaired) electrons. The molecule has 0 saturated heterocycles. The van der Waals surface area contributed by atoms with Crippen molar-refractivity contribution < 1.29 is 0 Å². The van der Waals surface area contributed by atoms with E-state index in [9.17, 15) is 0 Å². The zero-order valence-electron chi connectivity index (χ0n) is 18.6. The fourth-order valence-corrected chi connectivity index (χ4v) is 8.97. The molecule has 0 nitrogen and oxygen atoms in total. The predicted octanol–water partition coefficient (Wildman–Crippen LogP) is 9.08. The Hall–Kier alpha value is -0.680. The van der Waals surface area contributed by atoms with Crippen molar-refractivity contribution in [3.63, 3.8) is 0 Å². The van der Waals surface area contributed by atoms with Gasteiger partial charge in [-0.3, -0.25) is 0 Å². The zero-order valence-corrected chi connectivity index (χ0v) is 21.8. The molecule has 2 aliphatic heterocycles. The monoisotopic (exact) mass is 470 g/mol. The van der Waals surface area contributed by atoms with Crippen molar-refractivity contribution in [3.05, 3.63) is 80.3 Å². The Labute approximate surface area is 199 Å². The van der Waals surface area contributed by atoms with Gasteiger partial charge in [-0.25, -0.2) is 0 Å². The number of thioether (sulfide) groups is 4. The second-order valence-electron chi connectivity index (χ2n) is 9.89. The summed E-state index contributed by atoms with van der Waals surface area (Å²) in [7, 11) is 0. The molecule has 0 amide bonds. The van der Waals surface area contributed by atoms with E-state index in [1.54, 1.807) is 0 Å². The number of benzene rings is 2. The van der Waals surface area contributed by atoms with E-state index < -0.39 is 0 Å². The van der Waals surface area contributed by atoms with Crippen molar-refractivity contribution >= 4 is 47.0 Å². The molecule has 0 bridgehead atoms. The van der Waals surface area contributed by atoms with Crippen molar-refractivity contribution in [1.82, 2.24) is 0 Å². The molecule has 0 aromatic heterocycles. The maximum atomic E-state index is 2.47. The SMILES string of the molecule is CC(C)(C)c1ccc(SC2=CC3SC(Sc4ccc(C(C)(C)C)cc4)=CC3S2)cc1. The van der Waals surface area contributed by atoms with Gasteiger partial charge in [0, 0.05) is 28.8 Å². The second-order valence-corrected chi connectivity index (χ2v) is 15.1. The molecule has 2 atom stereocenters. The quantitative estimate of drug-likeness (QED) is 0.437. The fourth-order valence-electron chi connectivity index (χ4n) is 3.40. The van der Waals surface area contributed by atoms with Crippen LogP contribution >= 0.6 is 47.0 Å². The Kier molecular flexibility index (Phi) is 6.52. The first-order valence-corrected chi connectivity index (χ1v) is 13.8. The minimum atomic E-state index is 0.212. The van der Waals surface area contributed by atoms with Crippen LogP contribution in [-0.4, -0.2) is 10.5 Å². The minimum Gasteiger partial charge on any atom is -0.110 e. The molecule has 0 aliphatic carbocycles. The first-order valence-electron chi connectivity index (χ1n) is 10.4. The van der Waals surface area contributed by atoms with Gasteiger partial charge in [0.1, 0.15) is 0 Å². The molecular formula is C26H30S4. The number of hydrogen-bond acceptors (Lipinski definition) is 4.